The Morgan fingerprint density at radius 1 is 1.33 bits per heavy atom. The van der Waals surface area contributed by atoms with Crippen LogP contribution in [0.5, 0.6) is 0 Å². The number of fused-ring (bicyclic) bond motifs is 1. The van der Waals surface area contributed by atoms with E-state index >= 15 is 0 Å². The molecule has 1 aliphatic carbocycles. The normalized spacial score (nSPS) is 44.0. The molecular weight excluding hydrogens is 150 g/mol. The van der Waals surface area contributed by atoms with Crippen molar-refractivity contribution in [3.63, 3.8) is 0 Å². The van der Waals surface area contributed by atoms with Gasteiger partial charge in [0.15, 0.2) is 0 Å². The van der Waals surface area contributed by atoms with Crippen molar-refractivity contribution in [1.29, 1.82) is 0 Å². The Kier molecular flexibility index (Phi) is 2.13. The Bertz CT molecular complexity index is 171. The van der Waals surface area contributed by atoms with Crippen LogP contribution in [-0.4, -0.2) is 35.7 Å². The third-order valence-corrected chi connectivity index (χ3v) is 3.63. The number of rotatable bonds is 0. The molecule has 12 heavy (non-hydrogen) atoms. The molecule has 2 atom stereocenters. The fourth-order valence-electron chi connectivity index (χ4n) is 2.74. The van der Waals surface area contributed by atoms with E-state index in [1.54, 1.807) is 0 Å². The predicted octanol–water partition coefficient (Wildman–Crippen LogP) is 1.24. The van der Waals surface area contributed by atoms with Crippen LogP contribution in [0.3, 0.4) is 0 Å². The molecule has 0 aromatic carbocycles. The van der Waals surface area contributed by atoms with Crippen LogP contribution in [0.15, 0.2) is 0 Å². The van der Waals surface area contributed by atoms with E-state index in [4.69, 9.17) is 0 Å². The molecule has 0 aromatic heterocycles. The number of aliphatic hydroxyl groups is 1. The van der Waals surface area contributed by atoms with Gasteiger partial charge in [-0.2, -0.15) is 0 Å². The maximum atomic E-state index is 10.3. The van der Waals surface area contributed by atoms with Gasteiger partial charge in [0.2, 0.25) is 0 Å². The first-order valence-corrected chi connectivity index (χ1v) is 5.12. The van der Waals surface area contributed by atoms with E-state index in [0.29, 0.717) is 5.92 Å². The minimum Gasteiger partial charge on any atom is -0.390 e. The summed E-state index contributed by atoms with van der Waals surface area (Å²) in [5.74, 6) is 0.560. The highest BCUT2D eigenvalue weighted by Crippen LogP contribution is 2.39. The van der Waals surface area contributed by atoms with Crippen molar-refractivity contribution in [2.24, 2.45) is 5.92 Å². The smallest absolute Gasteiger partial charge is 0.0700 e. The number of hydrogen-bond acceptors (Lipinski definition) is 2. The summed E-state index contributed by atoms with van der Waals surface area (Å²) < 4.78 is 0. The SMILES string of the molecule is CN1CC[C@]2(O)CCCC[C@@H]2C1. The van der Waals surface area contributed by atoms with Gasteiger partial charge in [-0.05, 0) is 26.3 Å². The number of piperidine rings is 1. The summed E-state index contributed by atoms with van der Waals surface area (Å²) >= 11 is 0. The lowest BCUT2D eigenvalue weighted by molar-refractivity contribution is -0.0909. The van der Waals surface area contributed by atoms with Gasteiger partial charge in [-0.3, -0.25) is 0 Å². The standard InChI is InChI=1S/C10H19NO/c1-11-7-6-10(12)5-3-2-4-9(10)8-11/h9,12H,2-8H2,1H3/t9-,10-/m1/s1. The van der Waals surface area contributed by atoms with Gasteiger partial charge in [0.05, 0.1) is 5.60 Å². The molecule has 0 radical (unpaired) electrons. The second-order valence-electron chi connectivity index (χ2n) is 4.56. The zero-order valence-corrected chi connectivity index (χ0v) is 7.92. The number of nitrogens with zero attached hydrogens (tertiary/aromatic N) is 1. The average molecular weight is 169 g/mol. The highest BCUT2D eigenvalue weighted by Gasteiger charge is 2.41. The molecule has 0 aromatic rings. The summed E-state index contributed by atoms with van der Waals surface area (Å²) in [7, 11) is 2.16. The monoisotopic (exact) mass is 169 g/mol. The van der Waals surface area contributed by atoms with E-state index in [1.807, 2.05) is 0 Å². The largest absolute Gasteiger partial charge is 0.390 e. The first-order chi connectivity index (χ1) is 5.71. The van der Waals surface area contributed by atoms with Crippen LogP contribution in [-0.2, 0) is 0 Å². The van der Waals surface area contributed by atoms with E-state index in [1.165, 1.54) is 19.3 Å². The fourth-order valence-corrected chi connectivity index (χ4v) is 2.74. The maximum absolute atomic E-state index is 10.3. The van der Waals surface area contributed by atoms with Gasteiger partial charge in [0, 0.05) is 19.0 Å². The Balaban J connectivity index is 2.06. The van der Waals surface area contributed by atoms with Crippen LogP contribution in [0, 0.1) is 5.92 Å². The zero-order chi connectivity index (χ0) is 8.60. The van der Waals surface area contributed by atoms with Gasteiger partial charge in [0.25, 0.3) is 0 Å². The molecular formula is C10H19NO. The van der Waals surface area contributed by atoms with Crippen molar-refractivity contribution in [3.8, 4) is 0 Å². The van der Waals surface area contributed by atoms with Crippen LogP contribution >= 0.6 is 0 Å². The summed E-state index contributed by atoms with van der Waals surface area (Å²) in [6.45, 7) is 2.18. The van der Waals surface area contributed by atoms with Crippen molar-refractivity contribution in [2.75, 3.05) is 20.1 Å². The lowest BCUT2D eigenvalue weighted by Crippen LogP contribution is -2.52. The van der Waals surface area contributed by atoms with Crippen LogP contribution in [0.2, 0.25) is 0 Å². The Hall–Kier alpha value is -0.0800. The van der Waals surface area contributed by atoms with Crippen LogP contribution in [0.4, 0.5) is 0 Å². The van der Waals surface area contributed by atoms with Crippen LogP contribution < -0.4 is 0 Å². The fraction of sp³-hybridized carbons (Fsp3) is 1.00. The summed E-state index contributed by atoms with van der Waals surface area (Å²) in [4.78, 5) is 2.35. The zero-order valence-electron chi connectivity index (χ0n) is 7.92. The van der Waals surface area contributed by atoms with Gasteiger partial charge < -0.3 is 10.0 Å². The number of likely N-dealkylation sites (tertiary alicyclic amines) is 1. The van der Waals surface area contributed by atoms with Crippen LogP contribution in [0.1, 0.15) is 32.1 Å². The van der Waals surface area contributed by atoms with Gasteiger partial charge >= 0.3 is 0 Å². The molecule has 0 bridgehead atoms. The van der Waals surface area contributed by atoms with Gasteiger partial charge in [-0.25, -0.2) is 0 Å². The second kappa shape index (κ2) is 3.00. The molecule has 2 nitrogen and oxygen atoms in total. The van der Waals surface area contributed by atoms with Gasteiger partial charge in [-0.1, -0.05) is 12.8 Å². The van der Waals surface area contributed by atoms with Crippen molar-refractivity contribution < 1.29 is 5.11 Å². The molecule has 2 aliphatic rings. The van der Waals surface area contributed by atoms with E-state index in [-0.39, 0.29) is 5.60 Å². The summed E-state index contributed by atoms with van der Waals surface area (Å²) in [6.07, 6.45) is 5.83. The summed E-state index contributed by atoms with van der Waals surface area (Å²) in [5.41, 5.74) is -0.287. The van der Waals surface area contributed by atoms with Gasteiger partial charge in [-0.15, -0.1) is 0 Å². The summed E-state index contributed by atoms with van der Waals surface area (Å²) in [5, 5.41) is 10.3. The molecule has 1 saturated carbocycles. The third-order valence-electron chi connectivity index (χ3n) is 3.63. The summed E-state index contributed by atoms with van der Waals surface area (Å²) in [6, 6.07) is 0. The van der Waals surface area contributed by atoms with Crippen molar-refractivity contribution >= 4 is 0 Å². The van der Waals surface area contributed by atoms with Crippen molar-refractivity contribution in [3.05, 3.63) is 0 Å². The molecule has 2 fully saturated rings. The quantitative estimate of drug-likeness (QED) is 0.590. The first-order valence-electron chi connectivity index (χ1n) is 5.12. The predicted molar refractivity (Wildman–Crippen MR) is 49.0 cm³/mol. The average Bonchev–Trinajstić information content (AvgIpc) is 2.06. The van der Waals surface area contributed by atoms with Crippen LogP contribution in [0.25, 0.3) is 0 Å². The Morgan fingerprint density at radius 3 is 3.00 bits per heavy atom. The highest BCUT2D eigenvalue weighted by atomic mass is 16.3. The Morgan fingerprint density at radius 2 is 2.17 bits per heavy atom. The van der Waals surface area contributed by atoms with E-state index in [9.17, 15) is 5.11 Å². The van der Waals surface area contributed by atoms with E-state index in [2.05, 4.69) is 11.9 Å². The third kappa shape index (κ3) is 1.38. The number of hydrogen-bond donors (Lipinski definition) is 1. The highest BCUT2D eigenvalue weighted by molar-refractivity contribution is 4.94. The minimum absolute atomic E-state index is 0.287. The van der Waals surface area contributed by atoms with E-state index in [0.717, 1.165) is 25.9 Å². The molecule has 0 amide bonds. The molecule has 2 rings (SSSR count). The molecule has 0 unspecified atom stereocenters. The lowest BCUT2D eigenvalue weighted by Gasteiger charge is -2.46. The first kappa shape index (κ1) is 8.52. The minimum atomic E-state index is -0.287. The molecule has 0 spiro atoms. The Labute approximate surface area is 74.6 Å². The molecule has 1 saturated heterocycles. The van der Waals surface area contributed by atoms with Crippen molar-refractivity contribution in [2.45, 2.75) is 37.7 Å². The molecule has 70 valence electrons. The van der Waals surface area contributed by atoms with Crippen molar-refractivity contribution in [1.82, 2.24) is 4.90 Å². The molecule has 2 heteroatoms. The van der Waals surface area contributed by atoms with E-state index < -0.39 is 0 Å². The maximum Gasteiger partial charge on any atom is 0.0700 e. The topological polar surface area (TPSA) is 23.5 Å². The second-order valence-corrected chi connectivity index (χ2v) is 4.56. The molecule has 1 N–H and O–H groups in total. The molecule has 1 aliphatic heterocycles. The molecule has 1 heterocycles. The van der Waals surface area contributed by atoms with Gasteiger partial charge in [0.1, 0.15) is 0 Å². The lowest BCUT2D eigenvalue weighted by atomic mass is 9.71.